The van der Waals surface area contributed by atoms with E-state index in [0.717, 1.165) is 51.4 Å². The van der Waals surface area contributed by atoms with Crippen LogP contribution in [0.3, 0.4) is 0 Å². The summed E-state index contributed by atoms with van der Waals surface area (Å²) < 4.78 is 24.2. The van der Waals surface area contributed by atoms with Crippen LogP contribution >= 0.6 is 0 Å². The molecule has 0 unspecified atom stereocenters. The number of hydrogen-bond donors (Lipinski definition) is 0. The lowest BCUT2D eigenvalue weighted by molar-refractivity contribution is -0.546. The molecule has 0 atom stereocenters. The Balaban J connectivity index is 1.18. The van der Waals surface area contributed by atoms with Crippen LogP contribution in [0, 0.1) is 0 Å². The Hall–Kier alpha value is -0.0462. The second kappa shape index (κ2) is 11.0. The van der Waals surface area contributed by atoms with Gasteiger partial charge in [0.2, 0.25) is 23.1 Å². The fourth-order valence-electron chi connectivity index (χ4n) is 5.99. The monoisotopic (exact) mass is 578 g/mol. The van der Waals surface area contributed by atoms with Crippen LogP contribution in [0.1, 0.15) is 103 Å². The van der Waals surface area contributed by atoms with E-state index in [4.69, 9.17) is 57.4 Å². The molecule has 0 aromatic carbocycles. The smallest absolute Gasteiger partial charge is 0.246 e. The SMILES string of the molecule is C[Si]1(CC[Si]2(C)OOC3(CCCC3)OOC3(CCCC3)OO2)OOC2(CCCC2)OOC2(CCCC2)OO1. The van der Waals surface area contributed by atoms with Gasteiger partial charge < -0.3 is 0 Å². The molecule has 6 aliphatic rings. The van der Waals surface area contributed by atoms with E-state index in [0.29, 0.717) is 63.5 Å². The molecule has 4 spiro atoms. The third-order valence-corrected chi connectivity index (χ3v) is 13.2. The molecule has 0 aromatic heterocycles. The standard InChI is InChI=1S/C24H42O12Si2/c1-37(33-29-21(11-3-4-12-21)25-26-22(30-34-37)13-5-6-14-22)19-20-38(2)35-31-23(15-7-8-16-23)27-28-24(32-36-38)17-9-10-18-24/h3-20H2,1-2H3. The Kier molecular flexibility index (Phi) is 8.12. The molecule has 6 fully saturated rings. The van der Waals surface area contributed by atoms with Crippen LogP contribution in [0.25, 0.3) is 0 Å². The van der Waals surface area contributed by atoms with Gasteiger partial charge in [-0.3, -0.25) is 0 Å². The van der Waals surface area contributed by atoms with Gasteiger partial charge in [0, 0.05) is 51.4 Å². The molecule has 218 valence electrons. The molecule has 2 saturated heterocycles. The maximum absolute atomic E-state index is 6.06. The minimum absolute atomic E-state index is 0.441. The van der Waals surface area contributed by atoms with Crippen LogP contribution in [0.5, 0.6) is 0 Å². The summed E-state index contributed by atoms with van der Waals surface area (Å²) in [5, 5.41) is 0. The van der Waals surface area contributed by atoms with E-state index in [1.54, 1.807) is 0 Å². The molecule has 0 bridgehead atoms. The normalized spacial score (nSPS) is 38.7. The minimum atomic E-state index is -3.09. The predicted octanol–water partition coefficient (Wildman–Crippen LogP) is 5.93. The first-order valence-electron chi connectivity index (χ1n) is 14.5. The highest BCUT2D eigenvalue weighted by Crippen LogP contribution is 2.45. The second-order valence-corrected chi connectivity index (χ2v) is 18.4. The Labute approximate surface area is 225 Å². The highest BCUT2D eigenvalue weighted by molar-refractivity contribution is 6.71. The molecule has 4 aliphatic carbocycles. The second-order valence-electron chi connectivity index (χ2n) is 12.2. The molecule has 14 heteroatoms. The Bertz CT molecular complexity index is 684. The average Bonchev–Trinajstić information content (AvgIpc) is 3.74. The van der Waals surface area contributed by atoms with Crippen LogP contribution in [-0.2, 0) is 57.4 Å². The van der Waals surface area contributed by atoms with Crippen molar-refractivity contribution >= 4 is 17.1 Å². The van der Waals surface area contributed by atoms with Gasteiger partial charge in [-0.25, -0.2) is 37.9 Å². The minimum Gasteiger partial charge on any atom is -0.246 e. The predicted molar refractivity (Wildman–Crippen MR) is 131 cm³/mol. The van der Waals surface area contributed by atoms with Gasteiger partial charge >= 0.3 is 17.1 Å². The summed E-state index contributed by atoms with van der Waals surface area (Å²) in [5.41, 5.74) is 0. The highest BCUT2D eigenvalue weighted by Gasteiger charge is 2.55. The van der Waals surface area contributed by atoms with Crippen molar-refractivity contribution in [3.63, 3.8) is 0 Å². The quantitative estimate of drug-likeness (QED) is 0.292. The fraction of sp³-hybridized carbons (Fsp3) is 1.00. The van der Waals surface area contributed by atoms with E-state index in [1.165, 1.54) is 0 Å². The molecule has 0 amide bonds. The Morgan fingerprint density at radius 2 is 0.579 bits per heavy atom. The van der Waals surface area contributed by atoms with Gasteiger partial charge in [-0.2, -0.15) is 19.6 Å². The van der Waals surface area contributed by atoms with Crippen molar-refractivity contribution in [1.82, 2.24) is 0 Å². The van der Waals surface area contributed by atoms with E-state index in [2.05, 4.69) is 0 Å². The summed E-state index contributed by atoms with van der Waals surface area (Å²) in [6, 6.07) is 0.882. The van der Waals surface area contributed by atoms with Gasteiger partial charge in [0.15, 0.2) is 0 Å². The summed E-state index contributed by atoms with van der Waals surface area (Å²) in [7, 11) is -6.19. The summed E-state index contributed by atoms with van der Waals surface area (Å²) in [5.74, 6) is -3.84. The van der Waals surface area contributed by atoms with Crippen LogP contribution in [-0.4, -0.2) is 40.3 Å². The van der Waals surface area contributed by atoms with Crippen LogP contribution < -0.4 is 0 Å². The molecular weight excluding hydrogens is 536 g/mol. The van der Waals surface area contributed by atoms with E-state index >= 15 is 0 Å². The molecule has 6 rings (SSSR count). The molecule has 12 nitrogen and oxygen atoms in total. The first-order chi connectivity index (χ1) is 18.3. The number of rotatable bonds is 3. The van der Waals surface area contributed by atoms with E-state index in [9.17, 15) is 0 Å². The van der Waals surface area contributed by atoms with Crippen LogP contribution in [0.4, 0.5) is 0 Å². The zero-order chi connectivity index (χ0) is 26.2. The van der Waals surface area contributed by atoms with Gasteiger partial charge in [0.25, 0.3) is 0 Å². The lowest BCUT2D eigenvalue weighted by Crippen LogP contribution is -2.48. The van der Waals surface area contributed by atoms with Gasteiger partial charge in [0.1, 0.15) is 0 Å². The fourth-order valence-corrected chi connectivity index (χ4v) is 11.3. The third-order valence-electron chi connectivity index (χ3n) is 8.66. The van der Waals surface area contributed by atoms with Crippen molar-refractivity contribution in [3.05, 3.63) is 0 Å². The Morgan fingerprint density at radius 1 is 0.368 bits per heavy atom. The zero-order valence-electron chi connectivity index (χ0n) is 22.6. The molecule has 2 aliphatic heterocycles. The van der Waals surface area contributed by atoms with E-state index in [1.807, 2.05) is 13.1 Å². The van der Waals surface area contributed by atoms with Crippen LogP contribution in [0.2, 0.25) is 25.2 Å². The van der Waals surface area contributed by atoms with Crippen molar-refractivity contribution in [1.29, 1.82) is 0 Å². The molecule has 4 saturated carbocycles. The molecule has 0 aromatic rings. The summed E-state index contributed by atoms with van der Waals surface area (Å²) >= 11 is 0. The van der Waals surface area contributed by atoms with Gasteiger partial charge in [-0.15, -0.1) is 0 Å². The summed E-state index contributed by atoms with van der Waals surface area (Å²) in [6.07, 6.45) is 13.2. The molecule has 0 radical (unpaired) electrons. The number of hydrogen-bond acceptors (Lipinski definition) is 12. The van der Waals surface area contributed by atoms with Crippen molar-refractivity contribution in [2.24, 2.45) is 0 Å². The maximum Gasteiger partial charge on any atom is 0.407 e. The van der Waals surface area contributed by atoms with E-state index in [-0.39, 0.29) is 0 Å². The lowest BCUT2D eigenvalue weighted by Gasteiger charge is -2.32. The largest absolute Gasteiger partial charge is 0.407 e. The molecule has 38 heavy (non-hydrogen) atoms. The molecular formula is C24H42O12Si2. The van der Waals surface area contributed by atoms with Gasteiger partial charge in [0.05, 0.1) is 0 Å². The molecule has 2 heterocycles. The Morgan fingerprint density at radius 3 is 0.789 bits per heavy atom. The maximum atomic E-state index is 6.06. The highest BCUT2D eigenvalue weighted by atomic mass is 28.4. The lowest BCUT2D eigenvalue weighted by atomic mass is 10.2. The van der Waals surface area contributed by atoms with Crippen molar-refractivity contribution in [3.8, 4) is 0 Å². The van der Waals surface area contributed by atoms with Crippen molar-refractivity contribution < 1.29 is 57.4 Å². The first-order valence-corrected chi connectivity index (χ1v) is 19.5. The third kappa shape index (κ3) is 6.09. The molecule has 0 N–H and O–H groups in total. The zero-order valence-corrected chi connectivity index (χ0v) is 24.6. The van der Waals surface area contributed by atoms with Crippen molar-refractivity contribution in [2.75, 3.05) is 0 Å². The first kappa shape index (κ1) is 28.1. The van der Waals surface area contributed by atoms with Crippen molar-refractivity contribution in [2.45, 2.75) is 151 Å². The van der Waals surface area contributed by atoms with Crippen LogP contribution in [0.15, 0.2) is 0 Å². The summed E-state index contributed by atoms with van der Waals surface area (Å²) in [6.45, 7) is 3.81. The summed E-state index contributed by atoms with van der Waals surface area (Å²) in [4.78, 5) is 47.3. The van der Waals surface area contributed by atoms with Gasteiger partial charge in [-0.1, -0.05) is 0 Å². The van der Waals surface area contributed by atoms with Gasteiger partial charge in [-0.05, 0) is 76.5 Å². The topological polar surface area (TPSA) is 111 Å². The van der Waals surface area contributed by atoms with E-state index < -0.39 is 40.3 Å². The average molecular weight is 579 g/mol.